The van der Waals surface area contributed by atoms with Gasteiger partial charge in [0.05, 0.1) is 0 Å². The molecule has 112 valence electrons. The van der Waals surface area contributed by atoms with Gasteiger partial charge >= 0.3 is 0 Å². The largest absolute Gasteiger partial charge is 0.409 e. The van der Waals surface area contributed by atoms with Crippen LogP contribution in [0.1, 0.15) is 26.2 Å². The first-order chi connectivity index (χ1) is 9.67. The summed E-state index contributed by atoms with van der Waals surface area (Å²) in [6.45, 7) is 4.02. The molecule has 0 saturated heterocycles. The van der Waals surface area contributed by atoms with Crippen molar-refractivity contribution >= 4 is 11.5 Å². The van der Waals surface area contributed by atoms with Crippen LogP contribution in [0.5, 0.6) is 0 Å². The lowest BCUT2D eigenvalue weighted by atomic mass is 10.1. The second kappa shape index (κ2) is 9.20. The van der Waals surface area contributed by atoms with Crippen LogP contribution in [0.3, 0.4) is 0 Å². The van der Waals surface area contributed by atoms with E-state index in [0.717, 1.165) is 25.9 Å². The molecule has 0 bridgehead atoms. The molecule has 4 N–H and O–H groups in total. The Kier molecular flexibility index (Phi) is 7.50. The Morgan fingerprint density at radius 3 is 2.70 bits per heavy atom. The van der Waals surface area contributed by atoms with E-state index in [9.17, 15) is 0 Å². The van der Waals surface area contributed by atoms with Gasteiger partial charge in [-0.1, -0.05) is 30.3 Å². The van der Waals surface area contributed by atoms with Crippen LogP contribution in [0.15, 0.2) is 35.5 Å². The van der Waals surface area contributed by atoms with Crippen molar-refractivity contribution in [1.29, 1.82) is 0 Å². The fourth-order valence-corrected chi connectivity index (χ4v) is 2.09. The van der Waals surface area contributed by atoms with Crippen LogP contribution in [-0.4, -0.2) is 37.2 Å². The molecule has 1 rings (SSSR count). The summed E-state index contributed by atoms with van der Waals surface area (Å²) in [6, 6.07) is 10.6. The monoisotopic (exact) mass is 278 g/mol. The smallest absolute Gasteiger partial charge is 0.140 e. The number of hydrogen-bond acceptors (Lipinski definition) is 4. The Hall–Kier alpha value is -1.75. The molecule has 1 aromatic rings. The highest BCUT2D eigenvalue weighted by Crippen LogP contribution is 2.10. The van der Waals surface area contributed by atoms with Crippen molar-refractivity contribution in [2.24, 2.45) is 10.9 Å². The molecular formula is C15H26N4O. The number of amidine groups is 1. The lowest BCUT2D eigenvalue weighted by Gasteiger charge is -2.21. The molecular weight excluding hydrogens is 252 g/mol. The van der Waals surface area contributed by atoms with Gasteiger partial charge in [0.25, 0.3) is 0 Å². The number of benzene rings is 1. The van der Waals surface area contributed by atoms with E-state index < -0.39 is 0 Å². The highest BCUT2D eigenvalue weighted by atomic mass is 16.4. The van der Waals surface area contributed by atoms with Gasteiger partial charge in [-0.25, -0.2) is 0 Å². The van der Waals surface area contributed by atoms with Crippen LogP contribution in [0.4, 0.5) is 5.69 Å². The number of hydrogen-bond donors (Lipinski definition) is 3. The molecule has 0 aliphatic rings. The average molecular weight is 278 g/mol. The lowest BCUT2D eigenvalue weighted by molar-refractivity contribution is 0.315. The topological polar surface area (TPSA) is 73.9 Å². The first-order valence-corrected chi connectivity index (χ1v) is 7.13. The molecule has 0 heterocycles. The molecule has 1 atom stereocenters. The normalized spacial score (nSPS) is 13.2. The van der Waals surface area contributed by atoms with E-state index in [4.69, 9.17) is 10.9 Å². The number of nitrogens with zero attached hydrogens (tertiary/aromatic N) is 2. The van der Waals surface area contributed by atoms with Gasteiger partial charge in [-0.05, 0) is 31.5 Å². The van der Waals surface area contributed by atoms with Crippen molar-refractivity contribution in [3.8, 4) is 0 Å². The van der Waals surface area contributed by atoms with E-state index in [2.05, 4.69) is 41.5 Å². The third kappa shape index (κ3) is 5.93. The molecule has 0 amide bonds. The standard InChI is InChI=1S/C15H26N4O/c1-3-13(12-15(16)18-20)17-10-7-11-19(2)14-8-5-4-6-9-14/h4-6,8-9,13,17,20H,3,7,10-12H2,1-2H3,(H2,16,18). The number of para-hydroxylation sites is 1. The third-order valence-electron chi connectivity index (χ3n) is 3.38. The van der Waals surface area contributed by atoms with E-state index in [0.29, 0.717) is 6.42 Å². The minimum atomic E-state index is 0.271. The predicted octanol–water partition coefficient (Wildman–Crippen LogP) is 2.02. The summed E-state index contributed by atoms with van der Waals surface area (Å²) in [7, 11) is 2.10. The average Bonchev–Trinajstić information content (AvgIpc) is 2.50. The van der Waals surface area contributed by atoms with Gasteiger partial charge < -0.3 is 21.2 Å². The molecule has 5 heteroatoms. The predicted molar refractivity (Wildman–Crippen MR) is 84.4 cm³/mol. The van der Waals surface area contributed by atoms with Gasteiger partial charge in [-0.15, -0.1) is 0 Å². The zero-order chi connectivity index (χ0) is 14.8. The summed E-state index contributed by atoms with van der Waals surface area (Å²) in [5, 5.41) is 15.0. The van der Waals surface area contributed by atoms with E-state index in [1.165, 1.54) is 5.69 Å². The molecule has 0 radical (unpaired) electrons. The Morgan fingerprint density at radius 1 is 1.40 bits per heavy atom. The molecule has 0 spiro atoms. The van der Waals surface area contributed by atoms with Gasteiger partial charge in [-0.2, -0.15) is 0 Å². The summed E-state index contributed by atoms with van der Waals surface area (Å²) in [6.07, 6.45) is 2.60. The Labute approximate surface area is 121 Å². The zero-order valence-electron chi connectivity index (χ0n) is 12.4. The van der Waals surface area contributed by atoms with E-state index in [1.54, 1.807) is 0 Å². The van der Waals surface area contributed by atoms with E-state index >= 15 is 0 Å². The molecule has 0 aromatic heterocycles. The molecule has 1 unspecified atom stereocenters. The van der Waals surface area contributed by atoms with Crippen LogP contribution >= 0.6 is 0 Å². The van der Waals surface area contributed by atoms with Gasteiger partial charge in [0, 0.05) is 31.7 Å². The van der Waals surface area contributed by atoms with Crippen LogP contribution in [-0.2, 0) is 0 Å². The first kappa shape index (κ1) is 16.3. The van der Waals surface area contributed by atoms with Crippen LogP contribution in [0, 0.1) is 0 Å². The molecule has 5 nitrogen and oxygen atoms in total. The fourth-order valence-electron chi connectivity index (χ4n) is 2.09. The lowest BCUT2D eigenvalue weighted by Crippen LogP contribution is -2.35. The molecule has 0 aliphatic heterocycles. The van der Waals surface area contributed by atoms with Crippen molar-refractivity contribution in [3.05, 3.63) is 30.3 Å². The summed E-state index contributed by atoms with van der Waals surface area (Å²) < 4.78 is 0. The van der Waals surface area contributed by atoms with Crippen molar-refractivity contribution < 1.29 is 5.21 Å². The number of anilines is 1. The van der Waals surface area contributed by atoms with Gasteiger partial charge in [0.2, 0.25) is 0 Å². The van der Waals surface area contributed by atoms with E-state index in [1.807, 2.05) is 18.2 Å². The Morgan fingerprint density at radius 2 is 2.10 bits per heavy atom. The van der Waals surface area contributed by atoms with Crippen molar-refractivity contribution in [1.82, 2.24) is 5.32 Å². The maximum absolute atomic E-state index is 8.58. The number of nitrogens with two attached hydrogens (primary N) is 1. The van der Waals surface area contributed by atoms with Crippen LogP contribution < -0.4 is 16.0 Å². The second-order valence-electron chi connectivity index (χ2n) is 4.97. The van der Waals surface area contributed by atoms with Crippen LogP contribution in [0.2, 0.25) is 0 Å². The minimum Gasteiger partial charge on any atom is -0.409 e. The summed E-state index contributed by atoms with van der Waals surface area (Å²) in [5.41, 5.74) is 6.76. The Balaban J connectivity index is 2.23. The molecule has 1 aromatic carbocycles. The summed E-state index contributed by atoms with van der Waals surface area (Å²) >= 11 is 0. The van der Waals surface area contributed by atoms with Gasteiger partial charge in [-0.3, -0.25) is 0 Å². The summed E-state index contributed by atoms with van der Waals surface area (Å²) in [4.78, 5) is 2.24. The van der Waals surface area contributed by atoms with Gasteiger partial charge in [0.15, 0.2) is 0 Å². The SMILES string of the molecule is CCC(CC(N)=NO)NCCCN(C)c1ccccc1. The number of nitrogens with one attached hydrogen (secondary N) is 1. The van der Waals surface area contributed by atoms with E-state index in [-0.39, 0.29) is 11.9 Å². The maximum atomic E-state index is 8.58. The molecule has 20 heavy (non-hydrogen) atoms. The first-order valence-electron chi connectivity index (χ1n) is 7.13. The zero-order valence-corrected chi connectivity index (χ0v) is 12.4. The number of rotatable bonds is 9. The fraction of sp³-hybridized carbons (Fsp3) is 0.533. The number of oxime groups is 1. The third-order valence-corrected chi connectivity index (χ3v) is 3.38. The molecule has 0 fully saturated rings. The van der Waals surface area contributed by atoms with Crippen LogP contribution in [0.25, 0.3) is 0 Å². The van der Waals surface area contributed by atoms with Crippen molar-refractivity contribution in [2.45, 2.75) is 32.2 Å². The maximum Gasteiger partial charge on any atom is 0.140 e. The van der Waals surface area contributed by atoms with Gasteiger partial charge in [0.1, 0.15) is 5.84 Å². The highest BCUT2D eigenvalue weighted by Gasteiger charge is 2.08. The highest BCUT2D eigenvalue weighted by molar-refractivity contribution is 5.80. The molecule has 0 aliphatic carbocycles. The second-order valence-corrected chi connectivity index (χ2v) is 4.97. The summed E-state index contributed by atoms with van der Waals surface area (Å²) in [5.74, 6) is 0.283. The Bertz CT molecular complexity index is 394. The van der Waals surface area contributed by atoms with Crippen molar-refractivity contribution in [3.63, 3.8) is 0 Å². The minimum absolute atomic E-state index is 0.271. The molecule has 0 saturated carbocycles. The quantitative estimate of drug-likeness (QED) is 0.212. The van der Waals surface area contributed by atoms with Crippen molar-refractivity contribution in [2.75, 3.05) is 25.0 Å².